The van der Waals surface area contributed by atoms with Gasteiger partial charge in [-0.1, -0.05) is 5.16 Å². The van der Waals surface area contributed by atoms with Gasteiger partial charge in [-0.2, -0.15) is 4.98 Å². The highest BCUT2D eigenvalue weighted by atomic mass is 16.5. The molecule has 0 radical (unpaired) electrons. The Balaban J connectivity index is 1.46. The largest absolute Gasteiger partial charge is 0.339 e. The fourth-order valence-corrected chi connectivity index (χ4v) is 3.54. The number of hydrogen-bond acceptors (Lipinski definition) is 5. The highest BCUT2D eigenvalue weighted by Gasteiger charge is 2.34. The lowest BCUT2D eigenvalue weighted by atomic mass is 9.90. The van der Waals surface area contributed by atoms with Gasteiger partial charge in [-0.15, -0.1) is 0 Å². The van der Waals surface area contributed by atoms with Crippen LogP contribution in [0.5, 0.6) is 0 Å². The van der Waals surface area contributed by atoms with E-state index in [1.165, 1.54) is 25.7 Å². The van der Waals surface area contributed by atoms with Crippen LogP contribution in [0.2, 0.25) is 0 Å². The second-order valence-corrected chi connectivity index (χ2v) is 5.93. The molecule has 0 spiro atoms. The van der Waals surface area contributed by atoms with E-state index in [2.05, 4.69) is 20.4 Å². The summed E-state index contributed by atoms with van der Waals surface area (Å²) in [6, 6.07) is 5.22. The lowest BCUT2D eigenvalue weighted by molar-refractivity contribution is 0.270. The van der Waals surface area contributed by atoms with Gasteiger partial charge in [0.25, 0.3) is 0 Å². The van der Waals surface area contributed by atoms with Crippen LogP contribution in [-0.4, -0.2) is 27.2 Å². The Kier molecular flexibility index (Phi) is 2.99. The Labute approximate surface area is 117 Å². The molecule has 2 aliphatic rings. The summed E-state index contributed by atoms with van der Waals surface area (Å²) in [5, 5.41) is 7.74. The molecule has 2 aromatic heterocycles. The molecule has 0 saturated carbocycles. The zero-order valence-corrected chi connectivity index (χ0v) is 11.3. The predicted octanol–water partition coefficient (Wildman–Crippen LogP) is 2.20. The van der Waals surface area contributed by atoms with Gasteiger partial charge >= 0.3 is 0 Å². The average Bonchev–Trinajstić information content (AvgIpc) is 3.07. The maximum Gasteiger partial charge on any atom is 0.227 e. The molecule has 1 N–H and O–H groups in total. The van der Waals surface area contributed by atoms with Gasteiger partial charge in [0, 0.05) is 36.5 Å². The number of piperidine rings is 1. The van der Waals surface area contributed by atoms with E-state index in [4.69, 9.17) is 4.52 Å². The standard InChI is InChI=1S/C15H18N4O/c1-2-13-8-10(7-12(1)17-13)9-14-18-15(19-20-14)11-3-5-16-6-4-11/h3-6,10,12-13,17H,1-2,7-9H2. The summed E-state index contributed by atoms with van der Waals surface area (Å²) in [6.07, 6.45) is 9.53. The van der Waals surface area contributed by atoms with E-state index >= 15 is 0 Å². The molecule has 0 aliphatic carbocycles. The first-order chi connectivity index (χ1) is 9.87. The maximum absolute atomic E-state index is 5.41. The lowest BCUT2D eigenvalue weighted by Crippen LogP contribution is -2.38. The minimum Gasteiger partial charge on any atom is -0.339 e. The van der Waals surface area contributed by atoms with Gasteiger partial charge in [0.1, 0.15) is 0 Å². The summed E-state index contributed by atoms with van der Waals surface area (Å²) in [7, 11) is 0. The molecule has 2 aromatic rings. The van der Waals surface area contributed by atoms with Crippen LogP contribution >= 0.6 is 0 Å². The Bertz CT molecular complexity index is 571. The fourth-order valence-electron chi connectivity index (χ4n) is 3.54. The Morgan fingerprint density at radius 2 is 1.90 bits per heavy atom. The quantitative estimate of drug-likeness (QED) is 0.926. The third-order valence-corrected chi connectivity index (χ3v) is 4.44. The molecule has 5 heteroatoms. The second kappa shape index (κ2) is 4.98. The summed E-state index contributed by atoms with van der Waals surface area (Å²) < 4.78 is 5.41. The van der Waals surface area contributed by atoms with Crippen LogP contribution in [0.25, 0.3) is 11.4 Å². The van der Waals surface area contributed by atoms with Gasteiger partial charge in [0.15, 0.2) is 0 Å². The van der Waals surface area contributed by atoms with Crippen molar-refractivity contribution in [3.8, 4) is 11.4 Å². The Morgan fingerprint density at radius 1 is 1.15 bits per heavy atom. The second-order valence-electron chi connectivity index (χ2n) is 5.93. The van der Waals surface area contributed by atoms with Crippen molar-refractivity contribution < 1.29 is 4.52 Å². The van der Waals surface area contributed by atoms with Crippen molar-refractivity contribution >= 4 is 0 Å². The van der Waals surface area contributed by atoms with E-state index in [-0.39, 0.29) is 0 Å². The van der Waals surface area contributed by atoms with E-state index in [0.717, 1.165) is 17.9 Å². The number of fused-ring (bicyclic) bond motifs is 2. The molecule has 5 nitrogen and oxygen atoms in total. The van der Waals surface area contributed by atoms with Gasteiger partial charge in [0.05, 0.1) is 0 Å². The molecule has 2 fully saturated rings. The summed E-state index contributed by atoms with van der Waals surface area (Å²) >= 11 is 0. The minimum absolute atomic E-state index is 0.666. The topological polar surface area (TPSA) is 63.8 Å². The first-order valence-corrected chi connectivity index (χ1v) is 7.36. The molecule has 20 heavy (non-hydrogen) atoms. The molecule has 2 bridgehead atoms. The third kappa shape index (κ3) is 2.33. The molecular formula is C15H18N4O. The van der Waals surface area contributed by atoms with E-state index in [1.54, 1.807) is 12.4 Å². The van der Waals surface area contributed by atoms with Gasteiger partial charge < -0.3 is 9.84 Å². The molecule has 4 rings (SSSR count). The average molecular weight is 270 g/mol. The number of pyridine rings is 1. The molecule has 0 amide bonds. The molecule has 2 aliphatic heterocycles. The Morgan fingerprint density at radius 3 is 2.65 bits per heavy atom. The molecule has 104 valence electrons. The molecule has 0 aromatic carbocycles. The summed E-state index contributed by atoms with van der Waals surface area (Å²) in [5.74, 6) is 2.11. The van der Waals surface area contributed by atoms with Crippen LogP contribution in [0.3, 0.4) is 0 Å². The van der Waals surface area contributed by atoms with Crippen LogP contribution in [0.1, 0.15) is 31.6 Å². The van der Waals surface area contributed by atoms with E-state index in [1.807, 2.05) is 12.1 Å². The zero-order valence-electron chi connectivity index (χ0n) is 11.3. The minimum atomic E-state index is 0.666. The Hall–Kier alpha value is -1.75. The SMILES string of the molecule is c1cc(-c2noc(CC3CC4CCC(C3)N4)n2)ccn1. The maximum atomic E-state index is 5.41. The lowest BCUT2D eigenvalue weighted by Gasteiger charge is -2.27. The number of nitrogens with one attached hydrogen (secondary N) is 1. The van der Waals surface area contributed by atoms with Gasteiger partial charge in [-0.25, -0.2) is 0 Å². The van der Waals surface area contributed by atoms with Crippen molar-refractivity contribution in [2.45, 2.75) is 44.2 Å². The van der Waals surface area contributed by atoms with Crippen molar-refractivity contribution in [2.75, 3.05) is 0 Å². The predicted molar refractivity (Wildman–Crippen MR) is 73.9 cm³/mol. The fraction of sp³-hybridized carbons (Fsp3) is 0.533. The highest BCUT2D eigenvalue weighted by Crippen LogP contribution is 2.32. The van der Waals surface area contributed by atoms with Crippen LogP contribution in [0.4, 0.5) is 0 Å². The normalized spacial score (nSPS) is 28.7. The monoisotopic (exact) mass is 270 g/mol. The van der Waals surface area contributed by atoms with Crippen LogP contribution in [-0.2, 0) is 6.42 Å². The van der Waals surface area contributed by atoms with Crippen molar-refractivity contribution in [3.05, 3.63) is 30.4 Å². The third-order valence-electron chi connectivity index (χ3n) is 4.44. The number of aromatic nitrogens is 3. The summed E-state index contributed by atoms with van der Waals surface area (Å²) in [6.45, 7) is 0. The van der Waals surface area contributed by atoms with E-state index < -0.39 is 0 Å². The summed E-state index contributed by atoms with van der Waals surface area (Å²) in [5.41, 5.74) is 0.959. The number of rotatable bonds is 3. The van der Waals surface area contributed by atoms with Crippen LogP contribution in [0, 0.1) is 5.92 Å². The van der Waals surface area contributed by atoms with Crippen molar-refractivity contribution in [3.63, 3.8) is 0 Å². The van der Waals surface area contributed by atoms with E-state index in [0.29, 0.717) is 23.8 Å². The smallest absolute Gasteiger partial charge is 0.227 e. The first-order valence-electron chi connectivity index (χ1n) is 7.36. The van der Waals surface area contributed by atoms with Gasteiger partial charge in [-0.05, 0) is 43.7 Å². The first kappa shape index (κ1) is 12.0. The van der Waals surface area contributed by atoms with E-state index in [9.17, 15) is 0 Å². The highest BCUT2D eigenvalue weighted by molar-refractivity contribution is 5.52. The number of hydrogen-bond donors (Lipinski definition) is 1. The molecule has 2 atom stereocenters. The molecule has 2 saturated heterocycles. The van der Waals surface area contributed by atoms with Crippen molar-refractivity contribution in [2.24, 2.45) is 5.92 Å². The molecule has 2 unspecified atom stereocenters. The number of nitrogens with zero attached hydrogens (tertiary/aromatic N) is 3. The van der Waals surface area contributed by atoms with Gasteiger partial charge in [-0.3, -0.25) is 4.98 Å². The molecule has 4 heterocycles. The van der Waals surface area contributed by atoms with Crippen molar-refractivity contribution in [1.82, 2.24) is 20.4 Å². The van der Waals surface area contributed by atoms with Crippen LogP contribution in [0.15, 0.2) is 29.0 Å². The molecular weight excluding hydrogens is 252 g/mol. The van der Waals surface area contributed by atoms with Crippen LogP contribution < -0.4 is 5.32 Å². The van der Waals surface area contributed by atoms with Crippen molar-refractivity contribution in [1.29, 1.82) is 0 Å². The summed E-state index contributed by atoms with van der Waals surface area (Å²) in [4.78, 5) is 8.52. The van der Waals surface area contributed by atoms with Gasteiger partial charge in [0.2, 0.25) is 11.7 Å². The zero-order chi connectivity index (χ0) is 13.4.